The molecule has 0 aliphatic heterocycles. The van der Waals surface area contributed by atoms with Gasteiger partial charge in [0, 0.05) is 12.6 Å². The molecule has 0 aliphatic rings. The first-order chi connectivity index (χ1) is 7.44. The molecule has 1 unspecified atom stereocenters. The number of benzene rings is 1. The summed E-state index contributed by atoms with van der Waals surface area (Å²) >= 11 is 0. The fourth-order valence-corrected chi connectivity index (χ4v) is 1.32. The second kappa shape index (κ2) is 5.09. The van der Waals surface area contributed by atoms with Gasteiger partial charge in [-0.1, -0.05) is 12.1 Å². The van der Waals surface area contributed by atoms with E-state index in [9.17, 15) is 4.39 Å². The third kappa shape index (κ3) is 3.63. The second-order valence-electron chi connectivity index (χ2n) is 4.65. The Morgan fingerprint density at radius 3 is 2.44 bits per heavy atom. The van der Waals surface area contributed by atoms with E-state index < -0.39 is 0 Å². The lowest BCUT2D eigenvalue weighted by molar-refractivity contribution is 0.415. The van der Waals surface area contributed by atoms with Crippen LogP contribution in [0, 0.1) is 22.6 Å². The number of hydrogen-bond donors (Lipinski definition) is 1. The Morgan fingerprint density at radius 2 is 1.94 bits per heavy atom. The van der Waals surface area contributed by atoms with E-state index in [2.05, 4.69) is 11.4 Å². The maximum atomic E-state index is 12.7. The van der Waals surface area contributed by atoms with Gasteiger partial charge in [0.15, 0.2) is 0 Å². The van der Waals surface area contributed by atoms with Crippen molar-refractivity contribution >= 4 is 0 Å². The van der Waals surface area contributed by atoms with Crippen molar-refractivity contribution in [1.29, 1.82) is 5.26 Å². The summed E-state index contributed by atoms with van der Waals surface area (Å²) in [5.74, 6) is -0.228. The molecule has 0 aromatic heterocycles. The van der Waals surface area contributed by atoms with Gasteiger partial charge in [-0.05, 0) is 38.5 Å². The fraction of sp³-hybridized carbons (Fsp3) is 0.462. The summed E-state index contributed by atoms with van der Waals surface area (Å²) < 4.78 is 12.7. The number of nitrogens with one attached hydrogen (secondary N) is 1. The quantitative estimate of drug-likeness (QED) is 0.846. The molecule has 16 heavy (non-hydrogen) atoms. The highest BCUT2D eigenvalue weighted by atomic mass is 19.1. The van der Waals surface area contributed by atoms with Gasteiger partial charge in [-0.2, -0.15) is 5.26 Å². The zero-order valence-corrected chi connectivity index (χ0v) is 9.92. The summed E-state index contributed by atoms with van der Waals surface area (Å²) in [6.07, 6.45) is 0. The number of nitriles is 1. The first kappa shape index (κ1) is 12.7. The normalized spacial score (nSPS) is 13.2. The highest BCUT2D eigenvalue weighted by Crippen LogP contribution is 2.16. The van der Waals surface area contributed by atoms with Gasteiger partial charge in [-0.3, -0.25) is 0 Å². The van der Waals surface area contributed by atoms with Crippen LogP contribution in [-0.4, -0.2) is 6.54 Å². The van der Waals surface area contributed by atoms with Crippen LogP contribution in [0.15, 0.2) is 24.3 Å². The van der Waals surface area contributed by atoms with Crippen LogP contribution in [-0.2, 0) is 0 Å². The highest BCUT2D eigenvalue weighted by Gasteiger charge is 2.17. The topological polar surface area (TPSA) is 35.8 Å². The number of halogens is 1. The number of hydrogen-bond acceptors (Lipinski definition) is 2. The van der Waals surface area contributed by atoms with Crippen LogP contribution in [0.3, 0.4) is 0 Å². The minimum Gasteiger partial charge on any atom is -0.309 e. The van der Waals surface area contributed by atoms with Crippen molar-refractivity contribution in [2.24, 2.45) is 5.41 Å². The van der Waals surface area contributed by atoms with Crippen molar-refractivity contribution < 1.29 is 4.39 Å². The lowest BCUT2D eigenvalue weighted by Crippen LogP contribution is -2.30. The van der Waals surface area contributed by atoms with Crippen LogP contribution in [0.25, 0.3) is 0 Å². The molecule has 1 aromatic carbocycles. The fourth-order valence-electron chi connectivity index (χ4n) is 1.32. The van der Waals surface area contributed by atoms with Crippen molar-refractivity contribution in [3.63, 3.8) is 0 Å². The Balaban J connectivity index is 2.57. The van der Waals surface area contributed by atoms with Crippen LogP contribution in [0.4, 0.5) is 4.39 Å². The molecule has 0 bridgehead atoms. The maximum absolute atomic E-state index is 12.7. The third-order valence-corrected chi connectivity index (χ3v) is 2.52. The smallest absolute Gasteiger partial charge is 0.123 e. The molecule has 0 fully saturated rings. The Hall–Kier alpha value is -1.40. The summed E-state index contributed by atoms with van der Waals surface area (Å²) in [6.45, 7) is 6.39. The monoisotopic (exact) mass is 220 g/mol. The first-order valence-corrected chi connectivity index (χ1v) is 5.35. The van der Waals surface area contributed by atoms with E-state index in [0.29, 0.717) is 6.54 Å². The van der Waals surface area contributed by atoms with Crippen molar-refractivity contribution in [2.45, 2.75) is 26.8 Å². The van der Waals surface area contributed by atoms with Crippen molar-refractivity contribution in [1.82, 2.24) is 5.32 Å². The zero-order chi connectivity index (χ0) is 12.2. The SMILES string of the molecule is CC(NCC(C)(C)C#N)c1ccc(F)cc1. The van der Waals surface area contributed by atoms with Crippen LogP contribution in [0.1, 0.15) is 32.4 Å². The van der Waals surface area contributed by atoms with Gasteiger partial charge < -0.3 is 5.32 Å². The van der Waals surface area contributed by atoms with Gasteiger partial charge >= 0.3 is 0 Å². The molecule has 0 spiro atoms. The van der Waals surface area contributed by atoms with Gasteiger partial charge in [0.2, 0.25) is 0 Å². The van der Waals surface area contributed by atoms with Gasteiger partial charge in [0.05, 0.1) is 11.5 Å². The zero-order valence-electron chi connectivity index (χ0n) is 9.92. The Kier molecular flexibility index (Phi) is 4.03. The summed E-state index contributed by atoms with van der Waals surface area (Å²) in [5, 5.41) is 12.1. The van der Waals surface area contributed by atoms with Crippen LogP contribution < -0.4 is 5.32 Å². The predicted octanol–water partition coefficient (Wildman–Crippen LogP) is 3.03. The Morgan fingerprint density at radius 1 is 1.38 bits per heavy atom. The first-order valence-electron chi connectivity index (χ1n) is 5.35. The van der Waals surface area contributed by atoms with Gasteiger partial charge in [0.1, 0.15) is 5.82 Å². The van der Waals surface area contributed by atoms with E-state index in [4.69, 9.17) is 5.26 Å². The summed E-state index contributed by atoms with van der Waals surface area (Å²) in [5.41, 5.74) is 0.643. The maximum Gasteiger partial charge on any atom is 0.123 e. The molecule has 0 radical (unpaired) electrons. The molecular formula is C13H17FN2. The average molecular weight is 220 g/mol. The predicted molar refractivity (Wildman–Crippen MR) is 62.2 cm³/mol. The minimum absolute atomic E-state index is 0.119. The minimum atomic E-state index is -0.381. The molecule has 0 saturated carbocycles. The van der Waals surface area contributed by atoms with E-state index >= 15 is 0 Å². The van der Waals surface area contributed by atoms with Crippen LogP contribution in [0.2, 0.25) is 0 Å². The van der Waals surface area contributed by atoms with Gasteiger partial charge in [-0.15, -0.1) is 0 Å². The molecule has 3 heteroatoms. The van der Waals surface area contributed by atoms with Crippen LogP contribution >= 0.6 is 0 Å². The number of nitrogens with zero attached hydrogens (tertiary/aromatic N) is 1. The van der Waals surface area contributed by atoms with Gasteiger partial charge in [-0.25, -0.2) is 4.39 Å². The molecular weight excluding hydrogens is 203 g/mol. The summed E-state index contributed by atoms with van der Waals surface area (Å²) in [7, 11) is 0. The van der Waals surface area contributed by atoms with E-state index in [0.717, 1.165) is 5.56 Å². The van der Waals surface area contributed by atoms with Crippen molar-refractivity contribution in [3.05, 3.63) is 35.6 Å². The van der Waals surface area contributed by atoms with E-state index in [1.807, 2.05) is 20.8 Å². The van der Waals surface area contributed by atoms with E-state index in [1.165, 1.54) is 12.1 Å². The highest BCUT2D eigenvalue weighted by molar-refractivity contribution is 5.19. The van der Waals surface area contributed by atoms with E-state index in [-0.39, 0.29) is 17.3 Å². The number of rotatable bonds is 4. The Labute approximate surface area is 96.1 Å². The molecule has 1 aromatic rings. The summed E-state index contributed by atoms with van der Waals surface area (Å²) in [6, 6.07) is 8.76. The lowest BCUT2D eigenvalue weighted by Gasteiger charge is -2.20. The molecule has 0 heterocycles. The Bertz CT molecular complexity index is 376. The summed E-state index contributed by atoms with van der Waals surface area (Å²) in [4.78, 5) is 0. The van der Waals surface area contributed by atoms with Crippen molar-refractivity contribution in [3.8, 4) is 6.07 Å². The molecule has 2 nitrogen and oxygen atoms in total. The molecule has 1 atom stereocenters. The molecule has 86 valence electrons. The molecule has 1 N–H and O–H groups in total. The molecule has 0 aliphatic carbocycles. The second-order valence-corrected chi connectivity index (χ2v) is 4.65. The third-order valence-electron chi connectivity index (χ3n) is 2.52. The average Bonchev–Trinajstić information content (AvgIpc) is 2.27. The van der Waals surface area contributed by atoms with E-state index in [1.54, 1.807) is 12.1 Å². The van der Waals surface area contributed by atoms with Gasteiger partial charge in [0.25, 0.3) is 0 Å². The standard InChI is InChI=1S/C13H17FN2/c1-10(16-9-13(2,3)8-15)11-4-6-12(14)7-5-11/h4-7,10,16H,9H2,1-3H3. The largest absolute Gasteiger partial charge is 0.309 e. The molecule has 1 rings (SSSR count). The molecule has 0 saturated heterocycles. The molecule has 0 amide bonds. The van der Waals surface area contributed by atoms with Crippen LogP contribution in [0.5, 0.6) is 0 Å². The van der Waals surface area contributed by atoms with Crippen molar-refractivity contribution in [2.75, 3.05) is 6.54 Å². The lowest BCUT2D eigenvalue weighted by atomic mass is 9.95.